The Balaban J connectivity index is 2.03. The minimum absolute atomic E-state index is 0.0159. The Bertz CT molecular complexity index is 659. The number of benzene rings is 1. The molecule has 4 nitrogen and oxygen atoms in total. The predicted molar refractivity (Wildman–Crippen MR) is 76.5 cm³/mol. The van der Waals surface area contributed by atoms with Crippen LogP contribution < -0.4 is 11.3 Å². The van der Waals surface area contributed by atoms with E-state index < -0.39 is 0 Å². The fourth-order valence-corrected chi connectivity index (χ4v) is 2.91. The number of nitrogens with zero attached hydrogens (tertiary/aromatic N) is 2. The highest BCUT2D eigenvalue weighted by Crippen LogP contribution is 2.26. The van der Waals surface area contributed by atoms with E-state index in [1.54, 1.807) is 29.1 Å². The van der Waals surface area contributed by atoms with Crippen LogP contribution in [0, 0.1) is 0 Å². The van der Waals surface area contributed by atoms with Crippen molar-refractivity contribution in [2.24, 2.45) is 5.73 Å². The second-order valence-corrected chi connectivity index (χ2v) is 5.62. The van der Waals surface area contributed by atoms with Gasteiger partial charge in [0, 0.05) is 17.1 Å². The molecule has 2 N–H and O–H groups in total. The largest absolute Gasteiger partial charge is 0.328 e. The molecule has 1 aromatic carbocycles. The van der Waals surface area contributed by atoms with Crippen molar-refractivity contribution in [2.75, 3.05) is 0 Å². The van der Waals surface area contributed by atoms with E-state index in [9.17, 15) is 4.79 Å². The Morgan fingerprint density at radius 1 is 1.26 bits per heavy atom. The number of fused-ring (bicyclic) bond motifs is 1. The second kappa shape index (κ2) is 4.94. The quantitative estimate of drug-likeness (QED) is 0.871. The van der Waals surface area contributed by atoms with Crippen LogP contribution in [0.5, 0.6) is 0 Å². The Hall–Kier alpha value is -1.39. The van der Waals surface area contributed by atoms with Crippen LogP contribution >= 0.6 is 11.6 Å². The summed E-state index contributed by atoms with van der Waals surface area (Å²) in [7, 11) is 0. The van der Waals surface area contributed by atoms with Gasteiger partial charge in [-0.25, -0.2) is 4.98 Å². The topological polar surface area (TPSA) is 60.9 Å². The Morgan fingerprint density at radius 3 is 2.74 bits per heavy atom. The maximum Gasteiger partial charge on any atom is 0.261 e. The third kappa shape index (κ3) is 2.38. The normalized spacial score (nSPS) is 23.7. The van der Waals surface area contributed by atoms with Gasteiger partial charge in [-0.3, -0.25) is 9.36 Å². The van der Waals surface area contributed by atoms with Crippen LogP contribution in [-0.2, 0) is 0 Å². The lowest BCUT2D eigenvalue weighted by Gasteiger charge is -2.27. The summed E-state index contributed by atoms with van der Waals surface area (Å²) in [5, 5.41) is 1.22. The molecule has 0 bridgehead atoms. The lowest BCUT2D eigenvalue weighted by molar-refractivity contribution is 0.317. The summed E-state index contributed by atoms with van der Waals surface area (Å²) in [5.74, 6) is 0. The van der Waals surface area contributed by atoms with E-state index in [1.807, 2.05) is 0 Å². The summed E-state index contributed by atoms with van der Waals surface area (Å²) in [6.07, 6.45) is 5.47. The number of hydrogen-bond donors (Lipinski definition) is 1. The van der Waals surface area contributed by atoms with E-state index >= 15 is 0 Å². The monoisotopic (exact) mass is 277 g/mol. The molecule has 1 fully saturated rings. The predicted octanol–water partition coefficient (Wildman–Crippen LogP) is 2.49. The smallest absolute Gasteiger partial charge is 0.261 e. The van der Waals surface area contributed by atoms with E-state index in [-0.39, 0.29) is 17.6 Å². The second-order valence-electron chi connectivity index (χ2n) is 5.19. The van der Waals surface area contributed by atoms with Crippen molar-refractivity contribution >= 4 is 22.5 Å². The van der Waals surface area contributed by atoms with Crippen molar-refractivity contribution < 1.29 is 0 Å². The summed E-state index contributed by atoms with van der Waals surface area (Å²) in [6, 6.07) is 5.70. The van der Waals surface area contributed by atoms with Crippen molar-refractivity contribution in [1.82, 2.24) is 9.55 Å². The van der Waals surface area contributed by atoms with E-state index in [0.29, 0.717) is 15.9 Å². The number of nitrogens with two attached hydrogens (primary N) is 1. The first-order chi connectivity index (χ1) is 9.15. The minimum atomic E-state index is 0.0159. The van der Waals surface area contributed by atoms with Gasteiger partial charge in [-0.05, 0) is 43.9 Å². The molecule has 2 aromatic rings. The molecule has 3 rings (SSSR count). The summed E-state index contributed by atoms with van der Waals surface area (Å²) in [5.41, 5.74) is 6.57. The molecule has 1 heterocycles. The lowest BCUT2D eigenvalue weighted by Crippen LogP contribution is -2.32. The Morgan fingerprint density at radius 2 is 2.00 bits per heavy atom. The van der Waals surface area contributed by atoms with Gasteiger partial charge in [-0.15, -0.1) is 0 Å². The van der Waals surface area contributed by atoms with E-state index in [0.717, 1.165) is 25.7 Å². The molecule has 100 valence electrons. The first-order valence-corrected chi connectivity index (χ1v) is 6.95. The zero-order valence-electron chi connectivity index (χ0n) is 10.6. The van der Waals surface area contributed by atoms with E-state index in [4.69, 9.17) is 17.3 Å². The molecule has 1 aromatic heterocycles. The highest BCUT2D eigenvalue weighted by molar-refractivity contribution is 6.31. The van der Waals surface area contributed by atoms with Gasteiger partial charge in [-0.2, -0.15) is 0 Å². The minimum Gasteiger partial charge on any atom is -0.328 e. The van der Waals surface area contributed by atoms with Gasteiger partial charge in [-0.1, -0.05) is 11.6 Å². The highest BCUT2D eigenvalue weighted by Gasteiger charge is 2.21. The maximum atomic E-state index is 12.5. The Labute approximate surface area is 116 Å². The van der Waals surface area contributed by atoms with E-state index in [1.165, 1.54) is 0 Å². The molecule has 19 heavy (non-hydrogen) atoms. The van der Waals surface area contributed by atoms with Gasteiger partial charge in [0.1, 0.15) is 0 Å². The maximum absolute atomic E-state index is 12.5. The zero-order chi connectivity index (χ0) is 13.4. The molecule has 1 aliphatic carbocycles. The van der Waals surface area contributed by atoms with Crippen LogP contribution in [-0.4, -0.2) is 15.6 Å². The van der Waals surface area contributed by atoms with Gasteiger partial charge in [0.05, 0.1) is 17.2 Å². The summed E-state index contributed by atoms with van der Waals surface area (Å²) < 4.78 is 1.75. The SMILES string of the molecule is NC1CCC(n2cnc3cc(Cl)ccc3c2=O)CC1. The molecule has 0 spiro atoms. The van der Waals surface area contributed by atoms with Crippen molar-refractivity contribution in [1.29, 1.82) is 0 Å². The van der Waals surface area contributed by atoms with E-state index in [2.05, 4.69) is 4.98 Å². The zero-order valence-corrected chi connectivity index (χ0v) is 11.3. The molecular weight excluding hydrogens is 262 g/mol. The van der Waals surface area contributed by atoms with Crippen LogP contribution in [0.15, 0.2) is 29.3 Å². The average Bonchev–Trinajstić information content (AvgIpc) is 2.40. The summed E-state index contributed by atoms with van der Waals surface area (Å²) in [4.78, 5) is 16.8. The molecular formula is C14H16ClN3O. The molecule has 0 amide bonds. The lowest BCUT2D eigenvalue weighted by atomic mass is 9.91. The molecule has 0 unspecified atom stereocenters. The summed E-state index contributed by atoms with van der Waals surface area (Å²) in [6.45, 7) is 0. The fraction of sp³-hybridized carbons (Fsp3) is 0.429. The highest BCUT2D eigenvalue weighted by atomic mass is 35.5. The van der Waals surface area contributed by atoms with Crippen LogP contribution in [0.25, 0.3) is 10.9 Å². The van der Waals surface area contributed by atoms with Crippen molar-refractivity contribution in [2.45, 2.75) is 37.8 Å². The van der Waals surface area contributed by atoms with Crippen LogP contribution in [0.4, 0.5) is 0 Å². The third-order valence-corrected chi connectivity index (χ3v) is 4.12. The molecule has 1 aliphatic rings. The fourth-order valence-electron chi connectivity index (χ4n) is 2.75. The third-order valence-electron chi connectivity index (χ3n) is 3.88. The van der Waals surface area contributed by atoms with Crippen LogP contribution in [0.2, 0.25) is 5.02 Å². The van der Waals surface area contributed by atoms with Gasteiger partial charge < -0.3 is 5.73 Å². The number of aromatic nitrogens is 2. The Kier molecular flexibility index (Phi) is 3.29. The molecule has 0 saturated heterocycles. The average molecular weight is 278 g/mol. The van der Waals surface area contributed by atoms with Gasteiger partial charge >= 0.3 is 0 Å². The molecule has 0 aliphatic heterocycles. The standard InChI is InChI=1S/C14H16ClN3O/c15-9-1-6-12-13(7-9)17-8-18(14(12)19)11-4-2-10(16)3-5-11/h1,6-8,10-11H,2-5,16H2. The first-order valence-electron chi connectivity index (χ1n) is 6.57. The number of rotatable bonds is 1. The molecule has 5 heteroatoms. The van der Waals surface area contributed by atoms with Gasteiger partial charge in [0.25, 0.3) is 5.56 Å². The van der Waals surface area contributed by atoms with Crippen molar-refractivity contribution in [3.8, 4) is 0 Å². The molecule has 0 radical (unpaired) electrons. The molecule has 1 saturated carbocycles. The molecule has 0 atom stereocenters. The van der Waals surface area contributed by atoms with Gasteiger partial charge in [0.2, 0.25) is 0 Å². The van der Waals surface area contributed by atoms with Crippen LogP contribution in [0.3, 0.4) is 0 Å². The van der Waals surface area contributed by atoms with Crippen molar-refractivity contribution in [3.63, 3.8) is 0 Å². The van der Waals surface area contributed by atoms with Gasteiger partial charge in [0.15, 0.2) is 0 Å². The number of hydrogen-bond acceptors (Lipinski definition) is 3. The van der Waals surface area contributed by atoms with Crippen LogP contribution in [0.1, 0.15) is 31.7 Å². The first kappa shape index (κ1) is 12.6. The summed E-state index contributed by atoms with van der Waals surface area (Å²) >= 11 is 5.91. The van der Waals surface area contributed by atoms with Crippen molar-refractivity contribution in [3.05, 3.63) is 39.9 Å². The number of halogens is 1.